The summed E-state index contributed by atoms with van der Waals surface area (Å²) in [4.78, 5) is 4.03. The summed E-state index contributed by atoms with van der Waals surface area (Å²) in [5.74, 6) is 1.75. The van der Waals surface area contributed by atoms with Crippen LogP contribution in [0.2, 0.25) is 0 Å². The molecule has 6 nitrogen and oxygen atoms in total. The van der Waals surface area contributed by atoms with E-state index in [-0.39, 0.29) is 0 Å². The van der Waals surface area contributed by atoms with Crippen molar-refractivity contribution in [1.29, 1.82) is 0 Å². The third-order valence-electron chi connectivity index (χ3n) is 2.97. The van der Waals surface area contributed by atoms with Gasteiger partial charge >= 0.3 is 0 Å². The van der Waals surface area contributed by atoms with Gasteiger partial charge in [-0.25, -0.2) is 4.98 Å². The summed E-state index contributed by atoms with van der Waals surface area (Å²) in [6.45, 7) is 3.50. The molecule has 0 saturated heterocycles. The molecule has 1 N–H and O–H groups in total. The van der Waals surface area contributed by atoms with Gasteiger partial charge in [-0.05, 0) is 19.1 Å². The third kappa shape index (κ3) is 4.46. The minimum Gasteiger partial charge on any atom is -0.492 e. The Bertz CT molecular complexity index is 729. The molecule has 3 rings (SSSR count). The van der Waals surface area contributed by atoms with Crippen LogP contribution in [0.25, 0.3) is 0 Å². The molecule has 0 bridgehead atoms. The third-order valence-corrected chi connectivity index (χ3v) is 4.92. The van der Waals surface area contributed by atoms with Gasteiger partial charge in [0.15, 0.2) is 4.34 Å². The zero-order valence-electron chi connectivity index (χ0n) is 12.7. The molecule has 2 aromatic heterocycles. The molecule has 0 aliphatic carbocycles. The Morgan fingerprint density at radius 1 is 1.30 bits per heavy atom. The lowest BCUT2D eigenvalue weighted by molar-refractivity contribution is 0.342. The van der Waals surface area contributed by atoms with Crippen LogP contribution in [0.1, 0.15) is 6.92 Å². The molecule has 0 aliphatic heterocycles. The largest absolute Gasteiger partial charge is 0.492 e. The molecule has 0 fully saturated rings. The topological polar surface area (TPSA) is 64.9 Å². The van der Waals surface area contributed by atoms with Crippen molar-refractivity contribution < 1.29 is 4.74 Å². The Morgan fingerprint density at radius 2 is 2.22 bits per heavy atom. The van der Waals surface area contributed by atoms with E-state index in [2.05, 4.69) is 20.5 Å². The van der Waals surface area contributed by atoms with Crippen molar-refractivity contribution in [2.75, 3.05) is 17.7 Å². The van der Waals surface area contributed by atoms with Crippen LogP contribution in [0.15, 0.2) is 47.3 Å². The first-order chi connectivity index (χ1) is 11.3. The quantitative estimate of drug-likeness (QED) is 0.627. The van der Waals surface area contributed by atoms with E-state index in [1.54, 1.807) is 29.3 Å². The number of imidazole rings is 1. The molecule has 23 heavy (non-hydrogen) atoms. The fraction of sp³-hybridized carbons (Fsp3) is 0.267. The summed E-state index contributed by atoms with van der Waals surface area (Å²) in [5, 5.41) is 12.4. The summed E-state index contributed by atoms with van der Waals surface area (Å²) < 4.78 is 8.60. The van der Waals surface area contributed by atoms with Gasteiger partial charge in [-0.15, -0.1) is 10.2 Å². The van der Waals surface area contributed by atoms with Crippen molar-refractivity contribution in [2.45, 2.75) is 17.8 Å². The summed E-state index contributed by atoms with van der Waals surface area (Å²) in [6, 6.07) is 7.83. The van der Waals surface area contributed by atoms with E-state index in [9.17, 15) is 0 Å². The number of ether oxygens (including phenoxy) is 1. The molecule has 8 heteroatoms. The van der Waals surface area contributed by atoms with Gasteiger partial charge in [-0.1, -0.05) is 35.2 Å². The van der Waals surface area contributed by atoms with E-state index >= 15 is 0 Å². The highest BCUT2D eigenvalue weighted by atomic mass is 32.2. The van der Waals surface area contributed by atoms with Gasteiger partial charge in [0.1, 0.15) is 5.75 Å². The van der Waals surface area contributed by atoms with Crippen LogP contribution in [-0.4, -0.2) is 32.1 Å². The number of nitrogens with one attached hydrogen (secondary N) is 1. The highest BCUT2D eigenvalue weighted by Gasteiger charge is 2.08. The highest BCUT2D eigenvalue weighted by molar-refractivity contribution is 8.01. The predicted octanol–water partition coefficient (Wildman–Crippen LogP) is 3.67. The number of aryl methyl sites for hydroxylation is 1. The first-order valence-corrected chi connectivity index (χ1v) is 9.06. The molecule has 0 amide bonds. The van der Waals surface area contributed by atoms with Crippen LogP contribution in [-0.2, 0) is 6.54 Å². The number of hydrogen-bond acceptors (Lipinski definition) is 7. The number of para-hydroxylation sites is 2. The van der Waals surface area contributed by atoms with Crippen LogP contribution >= 0.6 is 23.1 Å². The number of nitrogens with zero attached hydrogens (tertiary/aromatic N) is 4. The minimum absolute atomic E-state index is 0.629. The fourth-order valence-electron chi connectivity index (χ4n) is 1.94. The average Bonchev–Trinajstić information content (AvgIpc) is 3.22. The standard InChI is InChI=1S/C15H17N5OS2/c1-2-21-13-6-4-3-5-12(13)17-14-18-19-15(23-14)22-10-9-20-8-7-16-11-20/h3-8,11H,2,9-10H2,1H3,(H,17,18). The molecule has 0 radical (unpaired) electrons. The van der Waals surface area contributed by atoms with Crippen molar-refractivity contribution in [3.8, 4) is 5.75 Å². The van der Waals surface area contributed by atoms with Gasteiger partial charge in [0, 0.05) is 24.7 Å². The van der Waals surface area contributed by atoms with Crippen LogP contribution in [0.5, 0.6) is 5.75 Å². The second kappa shape index (κ2) is 7.98. The Morgan fingerprint density at radius 3 is 3.04 bits per heavy atom. The van der Waals surface area contributed by atoms with Crippen molar-refractivity contribution >= 4 is 33.9 Å². The van der Waals surface area contributed by atoms with Gasteiger partial charge in [0.05, 0.1) is 18.6 Å². The summed E-state index contributed by atoms with van der Waals surface area (Å²) in [5.41, 5.74) is 0.903. The smallest absolute Gasteiger partial charge is 0.210 e. The lowest BCUT2D eigenvalue weighted by atomic mass is 10.3. The Kier molecular flexibility index (Phi) is 5.49. The molecule has 120 valence electrons. The average molecular weight is 347 g/mol. The lowest BCUT2D eigenvalue weighted by Gasteiger charge is -2.09. The van der Waals surface area contributed by atoms with Crippen LogP contribution in [0.3, 0.4) is 0 Å². The number of thioether (sulfide) groups is 1. The van der Waals surface area contributed by atoms with Crippen molar-refractivity contribution in [1.82, 2.24) is 19.7 Å². The number of rotatable bonds is 8. The van der Waals surface area contributed by atoms with Gasteiger partial charge < -0.3 is 14.6 Å². The van der Waals surface area contributed by atoms with E-state index in [0.29, 0.717) is 6.61 Å². The van der Waals surface area contributed by atoms with Crippen LogP contribution in [0, 0.1) is 0 Å². The second-order valence-electron chi connectivity index (χ2n) is 4.58. The Hall–Kier alpha value is -2.06. The first-order valence-electron chi connectivity index (χ1n) is 7.26. The fourth-order valence-corrected chi connectivity index (χ4v) is 3.73. The maximum Gasteiger partial charge on any atom is 0.210 e. The van der Waals surface area contributed by atoms with Gasteiger partial charge in [0.2, 0.25) is 5.13 Å². The molecule has 3 aromatic rings. The molecule has 0 aliphatic rings. The second-order valence-corrected chi connectivity index (χ2v) is 6.90. The van der Waals surface area contributed by atoms with E-state index in [1.807, 2.05) is 48.3 Å². The maximum absolute atomic E-state index is 5.60. The normalized spacial score (nSPS) is 10.7. The lowest BCUT2D eigenvalue weighted by Crippen LogP contribution is -1.97. The van der Waals surface area contributed by atoms with Crippen LogP contribution in [0.4, 0.5) is 10.8 Å². The molecule has 0 unspecified atom stereocenters. The summed E-state index contributed by atoms with van der Waals surface area (Å²) in [7, 11) is 0. The SMILES string of the molecule is CCOc1ccccc1Nc1nnc(SCCn2ccnc2)s1. The van der Waals surface area contributed by atoms with E-state index < -0.39 is 0 Å². The Balaban J connectivity index is 1.57. The molecule has 2 heterocycles. The summed E-state index contributed by atoms with van der Waals surface area (Å²) in [6.07, 6.45) is 5.56. The summed E-state index contributed by atoms with van der Waals surface area (Å²) >= 11 is 3.23. The molecule has 0 saturated carbocycles. The van der Waals surface area contributed by atoms with E-state index in [4.69, 9.17) is 4.74 Å². The number of aromatic nitrogens is 4. The predicted molar refractivity (Wildman–Crippen MR) is 93.8 cm³/mol. The van der Waals surface area contributed by atoms with Gasteiger partial charge in [-0.3, -0.25) is 0 Å². The molecule has 0 atom stereocenters. The van der Waals surface area contributed by atoms with E-state index in [0.717, 1.165) is 33.2 Å². The monoisotopic (exact) mass is 347 g/mol. The van der Waals surface area contributed by atoms with Gasteiger partial charge in [-0.2, -0.15) is 0 Å². The zero-order valence-corrected chi connectivity index (χ0v) is 14.3. The van der Waals surface area contributed by atoms with Gasteiger partial charge in [0.25, 0.3) is 0 Å². The molecular weight excluding hydrogens is 330 g/mol. The van der Waals surface area contributed by atoms with Crippen molar-refractivity contribution in [3.63, 3.8) is 0 Å². The highest BCUT2D eigenvalue weighted by Crippen LogP contribution is 2.31. The van der Waals surface area contributed by atoms with Crippen LogP contribution < -0.4 is 10.1 Å². The molecular formula is C15H17N5OS2. The minimum atomic E-state index is 0.629. The van der Waals surface area contributed by atoms with Crippen molar-refractivity contribution in [3.05, 3.63) is 43.0 Å². The zero-order chi connectivity index (χ0) is 15.9. The molecule has 0 spiro atoms. The first kappa shape index (κ1) is 15.8. The number of benzene rings is 1. The van der Waals surface area contributed by atoms with Crippen molar-refractivity contribution in [2.24, 2.45) is 0 Å². The Labute approximate surface area is 142 Å². The number of anilines is 2. The number of hydrogen-bond donors (Lipinski definition) is 1. The van der Waals surface area contributed by atoms with E-state index in [1.165, 1.54) is 0 Å². The maximum atomic E-state index is 5.60. The molecule has 1 aromatic carbocycles.